The fourth-order valence-corrected chi connectivity index (χ4v) is 1.68. The summed E-state index contributed by atoms with van der Waals surface area (Å²) in [5.41, 5.74) is 5.59. The Balaban J connectivity index is 2.83. The molecule has 0 radical (unpaired) electrons. The Morgan fingerprint density at radius 3 is 2.75 bits per heavy atom. The molecule has 1 rings (SSSR count). The van der Waals surface area contributed by atoms with Gasteiger partial charge < -0.3 is 20.6 Å². The van der Waals surface area contributed by atoms with Crippen LogP contribution in [0.2, 0.25) is 0 Å². The summed E-state index contributed by atoms with van der Waals surface area (Å²) in [4.78, 5) is 13.7. The number of carbonyl (C=O) groups is 1. The minimum absolute atomic E-state index is 0.0390. The van der Waals surface area contributed by atoms with E-state index in [0.717, 1.165) is 6.07 Å². The summed E-state index contributed by atoms with van der Waals surface area (Å²) in [5, 5.41) is 11.3. The molecule has 0 unspecified atom stereocenters. The van der Waals surface area contributed by atoms with Gasteiger partial charge >= 0.3 is 0 Å². The van der Waals surface area contributed by atoms with Crippen molar-refractivity contribution >= 4 is 11.7 Å². The monoisotopic (exact) mass is 283 g/mol. The second kappa shape index (κ2) is 7.32. The molecule has 3 N–H and O–H groups in total. The minimum Gasteiger partial charge on any atom is -0.494 e. The number of hydrogen-bond donors (Lipinski definition) is 2. The molecule has 7 heteroatoms. The van der Waals surface area contributed by atoms with Gasteiger partial charge in [-0.05, 0) is 25.1 Å². The smallest absolute Gasteiger partial charge is 0.253 e. The van der Waals surface area contributed by atoms with E-state index in [2.05, 4.69) is 5.16 Å². The zero-order chi connectivity index (χ0) is 15.1. The number of carbonyl (C=O) groups excluding carboxylic acids is 1. The predicted molar refractivity (Wildman–Crippen MR) is 72.6 cm³/mol. The van der Waals surface area contributed by atoms with Crippen molar-refractivity contribution < 1.29 is 19.1 Å². The predicted octanol–water partition coefficient (Wildman–Crippen LogP) is 1.43. The van der Waals surface area contributed by atoms with Crippen LogP contribution in [0.4, 0.5) is 4.39 Å². The normalized spacial score (nSPS) is 11.2. The molecule has 110 valence electrons. The molecule has 0 aliphatic heterocycles. The topological polar surface area (TPSA) is 88.1 Å². The number of oxime groups is 1. The first-order valence-electron chi connectivity index (χ1n) is 6.12. The van der Waals surface area contributed by atoms with Crippen molar-refractivity contribution in [2.75, 3.05) is 20.2 Å². The van der Waals surface area contributed by atoms with E-state index in [9.17, 15) is 9.18 Å². The van der Waals surface area contributed by atoms with Crippen LogP contribution in [0.25, 0.3) is 0 Å². The SMILES string of the molecule is CCN(CCC(N)=NO)C(=O)c1ccc(OC)c(F)c1. The summed E-state index contributed by atoms with van der Waals surface area (Å²) < 4.78 is 18.4. The van der Waals surface area contributed by atoms with E-state index >= 15 is 0 Å². The Morgan fingerprint density at radius 1 is 1.55 bits per heavy atom. The number of hydrogen-bond acceptors (Lipinski definition) is 4. The summed E-state index contributed by atoms with van der Waals surface area (Å²) in [5.74, 6) is -0.788. The van der Waals surface area contributed by atoms with Gasteiger partial charge in [-0.25, -0.2) is 4.39 Å². The van der Waals surface area contributed by atoms with Crippen LogP contribution >= 0.6 is 0 Å². The lowest BCUT2D eigenvalue weighted by atomic mass is 10.1. The third-order valence-corrected chi connectivity index (χ3v) is 2.83. The van der Waals surface area contributed by atoms with Crippen molar-refractivity contribution in [1.82, 2.24) is 4.90 Å². The Bertz CT molecular complexity index is 506. The van der Waals surface area contributed by atoms with Gasteiger partial charge in [0.2, 0.25) is 0 Å². The number of nitrogens with zero attached hydrogens (tertiary/aromatic N) is 2. The molecule has 0 atom stereocenters. The lowest BCUT2D eigenvalue weighted by Gasteiger charge is -2.20. The van der Waals surface area contributed by atoms with Gasteiger partial charge in [-0.3, -0.25) is 4.79 Å². The molecular weight excluding hydrogens is 265 g/mol. The first-order chi connectivity index (χ1) is 9.53. The highest BCUT2D eigenvalue weighted by Crippen LogP contribution is 2.18. The molecular formula is C13H18FN3O3. The van der Waals surface area contributed by atoms with Crippen molar-refractivity contribution in [2.24, 2.45) is 10.9 Å². The van der Waals surface area contributed by atoms with Crippen molar-refractivity contribution in [3.05, 3.63) is 29.6 Å². The third-order valence-electron chi connectivity index (χ3n) is 2.83. The van der Waals surface area contributed by atoms with Crippen LogP contribution in [0, 0.1) is 5.82 Å². The van der Waals surface area contributed by atoms with E-state index in [1.54, 1.807) is 6.92 Å². The maximum atomic E-state index is 13.6. The third kappa shape index (κ3) is 3.84. The van der Waals surface area contributed by atoms with Crippen molar-refractivity contribution in [2.45, 2.75) is 13.3 Å². The van der Waals surface area contributed by atoms with Crippen LogP contribution in [-0.2, 0) is 0 Å². The second-order valence-corrected chi connectivity index (χ2v) is 4.08. The molecule has 0 saturated carbocycles. The standard InChI is InChI=1S/C13H18FN3O3/c1-3-17(7-6-12(15)16-19)13(18)9-4-5-11(20-2)10(14)8-9/h4-5,8,19H,3,6-7H2,1-2H3,(H2,15,16). The quantitative estimate of drug-likeness (QED) is 0.358. The van der Waals surface area contributed by atoms with Crippen molar-refractivity contribution in [3.63, 3.8) is 0 Å². The van der Waals surface area contributed by atoms with Crippen LogP contribution in [0.3, 0.4) is 0 Å². The molecule has 1 aromatic carbocycles. The van der Waals surface area contributed by atoms with E-state index in [-0.39, 0.29) is 29.5 Å². The summed E-state index contributed by atoms with van der Waals surface area (Å²) >= 11 is 0. The molecule has 20 heavy (non-hydrogen) atoms. The summed E-state index contributed by atoms with van der Waals surface area (Å²) in [6.45, 7) is 2.52. The van der Waals surface area contributed by atoms with Gasteiger partial charge in [-0.2, -0.15) is 0 Å². The second-order valence-electron chi connectivity index (χ2n) is 4.08. The molecule has 1 aromatic rings. The van der Waals surface area contributed by atoms with E-state index in [1.165, 1.54) is 24.1 Å². The molecule has 0 saturated heterocycles. The summed E-state index contributed by atoms with van der Waals surface area (Å²) in [6.07, 6.45) is 0.245. The number of halogens is 1. The van der Waals surface area contributed by atoms with Crippen LogP contribution < -0.4 is 10.5 Å². The van der Waals surface area contributed by atoms with Crippen molar-refractivity contribution in [3.8, 4) is 5.75 Å². The van der Waals surface area contributed by atoms with Crippen LogP contribution in [0.1, 0.15) is 23.7 Å². The molecule has 6 nitrogen and oxygen atoms in total. The number of amides is 1. The lowest BCUT2D eigenvalue weighted by Crippen LogP contribution is -2.34. The van der Waals surface area contributed by atoms with E-state index in [1.807, 2.05) is 0 Å². The fourth-order valence-electron chi connectivity index (χ4n) is 1.68. The average molecular weight is 283 g/mol. The first-order valence-corrected chi connectivity index (χ1v) is 6.12. The average Bonchev–Trinajstić information content (AvgIpc) is 2.47. The molecule has 0 bridgehead atoms. The van der Waals surface area contributed by atoms with Crippen LogP contribution in [0.15, 0.2) is 23.4 Å². The lowest BCUT2D eigenvalue weighted by molar-refractivity contribution is 0.0767. The maximum Gasteiger partial charge on any atom is 0.253 e. The van der Waals surface area contributed by atoms with Gasteiger partial charge in [0.1, 0.15) is 5.84 Å². The molecule has 0 aromatic heterocycles. The van der Waals surface area contributed by atoms with Crippen molar-refractivity contribution in [1.29, 1.82) is 0 Å². The summed E-state index contributed by atoms with van der Waals surface area (Å²) in [6, 6.07) is 4.03. The summed E-state index contributed by atoms with van der Waals surface area (Å²) in [7, 11) is 1.36. The Kier molecular flexibility index (Phi) is 5.76. The fraction of sp³-hybridized carbons (Fsp3) is 0.385. The van der Waals surface area contributed by atoms with E-state index < -0.39 is 5.82 Å². The number of benzene rings is 1. The number of nitrogens with two attached hydrogens (primary N) is 1. The Labute approximate surface area is 116 Å². The molecule has 0 spiro atoms. The van der Waals surface area contributed by atoms with Crippen LogP contribution in [-0.4, -0.2) is 42.0 Å². The molecule has 1 amide bonds. The molecule has 0 fully saturated rings. The first kappa shape index (κ1) is 15.7. The molecule has 0 aliphatic carbocycles. The number of rotatable bonds is 6. The largest absolute Gasteiger partial charge is 0.494 e. The highest BCUT2D eigenvalue weighted by molar-refractivity contribution is 5.94. The minimum atomic E-state index is -0.592. The van der Waals surface area contributed by atoms with E-state index in [4.69, 9.17) is 15.7 Å². The highest BCUT2D eigenvalue weighted by Gasteiger charge is 2.16. The zero-order valence-electron chi connectivity index (χ0n) is 11.5. The highest BCUT2D eigenvalue weighted by atomic mass is 19.1. The Hall–Kier alpha value is -2.31. The number of amidine groups is 1. The zero-order valence-corrected chi connectivity index (χ0v) is 11.5. The molecule has 0 aliphatic rings. The van der Waals surface area contributed by atoms with E-state index in [0.29, 0.717) is 13.1 Å². The maximum absolute atomic E-state index is 13.6. The number of methoxy groups -OCH3 is 1. The Morgan fingerprint density at radius 2 is 2.25 bits per heavy atom. The van der Waals surface area contributed by atoms with Gasteiger partial charge in [0.15, 0.2) is 11.6 Å². The van der Waals surface area contributed by atoms with Crippen LogP contribution in [0.5, 0.6) is 5.75 Å². The van der Waals surface area contributed by atoms with Gasteiger partial charge in [0, 0.05) is 25.1 Å². The number of ether oxygens (including phenoxy) is 1. The van der Waals surface area contributed by atoms with Gasteiger partial charge in [-0.15, -0.1) is 0 Å². The van der Waals surface area contributed by atoms with Gasteiger partial charge in [0.05, 0.1) is 7.11 Å². The van der Waals surface area contributed by atoms with Gasteiger partial charge in [0.25, 0.3) is 5.91 Å². The molecule has 0 heterocycles. The van der Waals surface area contributed by atoms with Gasteiger partial charge in [-0.1, -0.05) is 5.16 Å².